The van der Waals surface area contributed by atoms with Crippen LogP contribution in [-0.4, -0.2) is 11.7 Å². The van der Waals surface area contributed by atoms with Crippen LogP contribution in [0.5, 0.6) is 0 Å². The van der Waals surface area contributed by atoms with Gasteiger partial charge in [0, 0.05) is 6.07 Å². The van der Waals surface area contributed by atoms with Crippen LogP contribution < -0.4 is 5.32 Å². The number of hydrogen-bond acceptors (Lipinski definition) is 3. The molecule has 1 aliphatic rings. The molecule has 0 spiro atoms. The molecule has 60 valence electrons. The number of aromatic nitrogens is 1. The second-order valence-corrected chi connectivity index (χ2v) is 3.51. The van der Waals surface area contributed by atoms with Gasteiger partial charge in [-0.2, -0.15) is 0 Å². The summed E-state index contributed by atoms with van der Waals surface area (Å²) >= 11 is 3.25. The smallest absolute Gasteiger partial charge is 0.154 e. The first-order valence-corrected chi connectivity index (χ1v) is 4.51. The van der Waals surface area contributed by atoms with Crippen LogP contribution in [0.15, 0.2) is 15.2 Å². The first kappa shape index (κ1) is 7.31. The maximum absolute atomic E-state index is 5.09. The molecule has 1 atom stereocenters. The highest BCUT2D eigenvalue weighted by Gasteiger charge is 2.19. The Morgan fingerprint density at radius 1 is 1.73 bits per heavy atom. The monoisotopic (exact) mass is 216 g/mol. The van der Waals surface area contributed by atoms with Gasteiger partial charge in [-0.3, -0.25) is 0 Å². The molecule has 0 aromatic carbocycles. The van der Waals surface area contributed by atoms with E-state index in [1.54, 1.807) is 0 Å². The third-order valence-corrected chi connectivity index (χ3v) is 2.28. The molecule has 1 N–H and O–H groups in total. The summed E-state index contributed by atoms with van der Waals surface area (Å²) in [5.41, 5.74) is 0. The normalized spacial score (nSPS) is 24.3. The van der Waals surface area contributed by atoms with Crippen molar-refractivity contribution >= 4 is 15.9 Å². The summed E-state index contributed by atoms with van der Waals surface area (Å²) in [7, 11) is 0. The highest BCUT2D eigenvalue weighted by molar-refractivity contribution is 9.10. The van der Waals surface area contributed by atoms with E-state index in [2.05, 4.69) is 26.4 Å². The molecular formula is C7H9BrN2O. The van der Waals surface area contributed by atoms with Gasteiger partial charge in [0.05, 0.1) is 6.04 Å². The van der Waals surface area contributed by atoms with Crippen molar-refractivity contribution in [3.8, 4) is 0 Å². The number of nitrogens with one attached hydrogen (secondary N) is 1. The van der Waals surface area contributed by atoms with Crippen molar-refractivity contribution in [3.63, 3.8) is 0 Å². The van der Waals surface area contributed by atoms with Gasteiger partial charge in [0.2, 0.25) is 0 Å². The lowest BCUT2D eigenvalue weighted by Crippen LogP contribution is -2.11. The fourth-order valence-corrected chi connectivity index (χ4v) is 1.66. The molecule has 1 aromatic rings. The van der Waals surface area contributed by atoms with Crippen molar-refractivity contribution in [2.24, 2.45) is 0 Å². The van der Waals surface area contributed by atoms with E-state index in [4.69, 9.17) is 4.52 Å². The van der Waals surface area contributed by atoms with E-state index in [9.17, 15) is 0 Å². The Kier molecular flexibility index (Phi) is 1.96. The Hall–Kier alpha value is -0.350. The maximum atomic E-state index is 5.09. The Balaban J connectivity index is 2.15. The van der Waals surface area contributed by atoms with Crippen molar-refractivity contribution < 1.29 is 4.52 Å². The topological polar surface area (TPSA) is 38.1 Å². The van der Waals surface area contributed by atoms with Crippen molar-refractivity contribution in [3.05, 3.63) is 16.4 Å². The quantitative estimate of drug-likeness (QED) is 0.780. The van der Waals surface area contributed by atoms with Gasteiger partial charge < -0.3 is 9.84 Å². The lowest BCUT2D eigenvalue weighted by Gasteiger charge is -2.02. The number of hydrogen-bond donors (Lipinski definition) is 1. The summed E-state index contributed by atoms with van der Waals surface area (Å²) in [5, 5.41) is 7.09. The third-order valence-electron chi connectivity index (χ3n) is 1.90. The number of nitrogens with zero attached hydrogens (tertiary/aromatic N) is 1. The molecule has 1 unspecified atom stereocenters. The van der Waals surface area contributed by atoms with Crippen LogP contribution >= 0.6 is 15.9 Å². The zero-order valence-electron chi connectivity index (χ0n) is 6.01. The van der Waals surface area contributed by atoms with Crippen LogP contribution in [0.25, 0.3) is 0 Å². The predicted molar refractivity (Wildman–Crippen MR) is 44.2 cm³/mol. The Morgan fingerprint density at radius 3 is 3.18 bits per heavy atom. The van der Waals surface area contributed by atoms with E-state index < -0.39 is 0 Å². The SMILES string of the molecule is Brc1cc(C2CCCN2)on1. The van der Waals surface area contributed by atoms with E-state index in [1.165, 1.54) is 6.42 Å². The van der Waals surface area contributed by atoms with Crippen molar-refractivity contribution in [1.82, 2.24) is 10.5 Å². The van der Waals surface area contributed by atoms with Gasteiger partial charge in [-0.25, -0.2) is 0 Å². The molecule has 3 nitrogen and oxygen atoms in total. The molecule has 11 heavy (non-hydrogen) atoms. The Morgan fingerprint density at radius 2 is 2.64 bits per heavy atom. The average molecular weight is 217 g/mol. The minimum Gasteiger partial charge on any atom is -0.359 e. The van der Waals surface area contributed by atoms with Crippen LogP contribution in [0.2, 0.25) is 0 Å². The zero-order chi connectivity index (χ0) is 7.68. The summed E-state index contributed by atoms with van der Waals surface area (Å²) in [6.45, 7) is 1.09. The van der Waals surface area contributed by atoms with E-state index in [0.29, 0.717) is 6.04 Å². The second-order valence-electron chi connectivity index (χ2n) is 2.70. The lowest BCUT2D eigenvalue weighted by atomic mass is 10.2. The maximum Gasteiger partial charge on any atom is 0.154 e. The lowest BCUT2D eigenvalue weighted by molar-refractivity contribution is 0.349. The Labute approximate surface area is 73.3 Å². The van der Waals surface area contributed by atoms with Gasteiger partial charge in [-0.05, 0) is 35.3 Å². The van der Waals surface area contributed by atoms with Crippen molar-refractivity contribution in [2.45, 2.75) is 18.9 Å². The van der Waals surface area contributed by atoms with Crippen LogP contribution in [-0.2, 0) is 0 Å². The molecule has 1 aromatic heterocycles. The minimum absolute atomic E-state index is 0.383. The summed E-state index contributed by atoms with van der Waals surface area (Å²) in [6, 6.07) is 2.30. The fraction of sp³-hybridized carbons (Fsp3) is 0.571. The van der Waals surface area contributed by atoms with Gasteiger partial charge >= 0.3 is 0 Å². The molecule has 1 fully saturated rings. The van der Waals surface area contributed by atoms with Crippen LogP contribution in [0.4, 0.5) is 0 Å². The molecule has 0 radical (unpaired) electrons. The van der Waals surface area contributed by atoms with Gasteiger partial charge in [0.1, 0.15) is 4.60 Å². The van der Waals surface area contributed by atoms with Gasteiger partial charge in [0.15, 0.2) is 5.76 Å². The van der Waals surface area contributed by atoms with E-state index in [1.807, 2.05) is 6.07 Å². The van der Waals surface area contributed by atoms with E-state index in [0.717, 1.165) is 23.3 Å². The predicted octanol–water partition coefficient (Wildman–Crippen LogP) is 1.86. The third kappa shape index (κ3) is 1.46. The molecule has 0 saturated carbocycles. The van der Waals surface area contributed by atoms with Gasteiger partial charge in [-0.1, -0.05) is 5.16 Å². The first-order chi connectivity index (χ1) is 5.36. The van der Waals surface area contributed by atoms with E-state index in [-0.39, 0.29) is 0 Å². The molecule has 1 aliphatic heterocycles. The van der Waals surface area contributed by atoms with Crippen LogP contribution in [0, 0.1) is 0 Å². The van der Waals surface area contributed by atoms with Gasteiger partial charge in [-0.15, -0.1) is 0 Å². The molecule has 0 amide bonds. The second kappa shape index (κ2) is 2.95. The van der Waals surface area contributed by atoms with E-state index >= 15 is 0 Å². The first-order valence-electron chi connectivity index (χ1n) is 3.72. The molecule has 4 heteroatoms. The molecule has 2 rings (SSSR count). The van der Waals surface area contributed by atoms with Gasteiger partial charge in [0.25, 0.3) is 0 Å². The largest absolute Gasteiger partial charge is 0.359 e. The molecule has 2 heterocycles. The number of halogens is 1. The van der Waals surface area contributed by atoms with Crippen molar-refractivity contribution in [2.75, 3.05) is 6.54 Å². The minimum atomic E-state index is 0.383. The summed E-state index contributed by atoms with van der Waals surface area (Å²) < 4.78 is 5.87. The standard InChI is InChI=1S/C7H9BrN2O/c8-7-4-6(11-10-7)5-2-1-3-9-5/h4-5,9H,1-3H2. The molecule has 0 bridgehead atoms. The number of rotatable bonds is 1. The fourth-order valence-electron chi connectivity index (χ4n) is 1.36. The summed E-state index contributed by atoms with van der Waals surface area (Å²) in [5.74, 6) is 0.939. The van der Waals surface area contributed by atoms with Crippen LogP contribution in [0.1, 0.15) is 24.6 Å². The summed E-state index contributed by atoms with van der Waals surface area (Å²) in [4.78, 5) is 0. The Bertz CT molecular complexity index is 242. The zero-order valence-corrected chi connectivity index (χ0v) is 7.60. The molecule has 1 saturated heterocycles. The highest BCUT2D eigenvalue weighted by atomic mass is 79.9. The summed E-state index contributed by atoms with van der Waals surface area (Å²) in [6.07, 6.45) is 2.38. The van der Waals surface area contributed by atoms with Crippen LogP contribution in [0.3, 0.4) is 0 Å². The molecular weight excluding hydrogens is 208 g/mol. The highest BCUT2D eigenvalue weighted by Crippen LogP contribution is 2.24. The average Bonchev–Trinajstić information content (AvgIpc) is 2.55. The van der Waals surface area contributed by atoms with Crippen molar-refractivity contribution in [1.29, 1.82) is 0 Å². The molecule has 0 aliphatic carbocycles.